The van der Waals surface area contributed by atoms with Crippen LogP contribution in [-0.2, 0) is 0 Å². The fourth-order valence-corrected chi connectivity index (χ4v) is 2.42. The Hall–Kier alpha value is -3.00. The molecule has 0 bridgehead atoms. The Kier molecular flexibility index (Phi) is 4.62. The summed E-state index contributed by atoms with van der Waals surface area (Å²) in [5.41, 5.74) is 0.498. The number of aromatic carboxylic acids is 1. The molecule has 0 atom stereocenters. The van der Waals surface area contributed by atoms with Crippen LogP contribution in [0, 0.1) is 5.82 Å². The molecule has 3 rings (SSSR count). The average molecular weight is 405 g/mol. The molecule has 0 unspecified atom stereocenters. The number of carbonyl (C=O) groups is 2. The first-order valence-electron chi connectivity index (χ1n) is 7.01. The number of amides is 1. The van der Waals surface area contributed by atoms with E-state index in [1.165, 1.54) is 12.1 Å². The lowest BCUT2D eigenvalue weighted by Gasteiger charge is -2.03. The topological polar surface area (TPSA) is 92.4 Å². The summed E-state index contributed by atoms with van der Waals surface area (Å²) in [7, 11) is 0. The Morgan fingerprint density at radius 3 is 2.32 bits per heavy atom. The number of carboxylic acid groups (broad SMARTS) is 1. The van der Waals surface area contributed by atoms with E-state index in [2.05, 4.69) is 26.4 Å². The number of carboxylic acids is 1. The summed E-state index contributed by atoms with van der Waals surface area (Å²) in [4.78, 5) is 23.8. The quantitative estimate of drug-likeness (QED) is 0.679. The monoisotopic (exact) mass is 404 g/mol. The Morgan fingerprint density at radius 2 is 1.72 bits per heavy atom. The molecular weight excluding hydrogens is 395 g/mol. The van der Waals surface area contributed by atoms with Crippen molar-refractivity contribution in [3.05, 3.63) is 69.9 Å². The molecule has 6 nitrogen and oxygen atoms in total. The number of rotatable bonds is 4. The lowest BCUT2D eigenvalue weighted by molar-refractivity contribution is 0.0698. The minimum absolute atomic E-state index is 0.0920. The minimum Gasteiger partial charge on any atom is -0.477 e. The highest BCUT2D eigenvalue weighted by atomic mass is 79.9. The number of anilines is 1. The van der Waals surface area contributed by atoms with Gasteiger partial charge in [0.25, 0.3) is 5.91 Å². The summed E-state index contributed by atoms with van der Waals surface area (Å²) in [6.45, 7) is 0. The van der Waals surface area contributed by atoms with Gasteiger partial charge in [0.15, 0.2) is 5.56 Å². The number of carbonyl (C=O) groups excluding carboxylic acids is 1. The van der Waals surface area contributed by atoms with E-state index in [4.69, 9.17) is 4.52 Å². The second-order valence-corrected chi connectivity index (χ2v) is 5.92. The lowest BCUT2D eigenvalue weighted by Crippen LogP contribution is -2.14. The summed E-state index contributed by atoms with van der Waals surface area (Å²) in [5.74, 6) is -2.71. The average Bonchev–Trinajstić information content (AvgIpc) is 3.00. The van der Waals surface area contributed by atoms with Gasteiger partial charge in [-0.15, -0.1) is 0 Å². The summed E-state index contributed by atoms with van der Waals surface area (Å²) in [5, 5.41) is 15.6. The zero-order valence-corrected chi connectivity index (χ0v) is 14.1. The fourth-order valence-electron chi connectivity index (χ4n) is 2.16. The van der Waals surface area contributed by atoms with E-state index in [-0.39, 0.29) is 22.7 Å². The second kappa shape index (κ2) is 6.86. The molecule has 2 N–H and O–H groups in total. The second-order valence-electron chi connectivity index (χ2n) is 5.01. The lowest BCUT2D eigenvalue weighted by atomic mass is 10.1. The van der Waals surface area contributed by atoms with E-state index in [1.54, 1.807) is 24.3 Å². The van der Waals surface area contributed by atoms with Gasteiger partial charge in [0.2, 0.25) is 5.88 Å². The summed E-state index contributed by atoms with van der Waals surface area (Å²) >= 11 is 3.29. The highest BCUT2D eigenvalue weighted by Crippen LogP contribution is 2.30. The molecule has 1 heterocycles. The Labute approximate surface area is 149 Å². The molecule has 1 amide bonds. The summed E-state index contributed by atoms with van der Waals surface area (Å²) in [6.07, 6.45) is 0. The predicted octanol–water partition coefficient (Wildman–Crippen LogP) is 4.19. The van der Waals surface area contributed by atoms with Gasteiger partial charge in [-0.2, -0.15) is 0 Å². The first-order chi connectivity index (χ1) is 12.0. The van der Waals surface area contributed by atoms with Gasteiger partial charge in [0.1, 0.15) is 11.5 Å². The third kappa shape index (κ3) is 3.58. The fraction of sp³-hybridized carbons (Fsp3) is 0. The standard InChI is InChI=1S/C17H10BrFN2O4/c18-11-5-1-9(2-6-11)14-13(17(23)24)16(25-21-14)20-15(22)10-3-7-12(19)8-4-10/h1-8H,(H,20,22)(H,23,24). The van der Waals surface area contributed by atoms with Crippen LogP contribution in [0.3, 0.4) is 0 Å². The van der Waals surface area contributed by atoms with Crippen molar-refractivity contribution >= 4 is 33.7 Å². The van der Waals surface area contributed by atoms with Crippen molar-refractivity contribution < 1.29 is 23.6 Å². The van der Waals surface area contributed by atoms with Crippen molar-refractivity contribution in [3.63, 3.8) is 0 Å². The third-order valence-corrected chi connectivity index (χ3v) is 3.89. The van der Waals surface area contributed by atoms with Crippen LogP contribution in [0.15, 0.2) is 57.5 Å². The highest BCUT2D eigenvalue weighted by Gasteiger charge is 2.25. The molecule has 3 aromatic rings. The molecule has 2 aromatic carbocycles. The maximum Gasteiger partial charge on any atom is 0.343 e. The van der Waals surface area contributed by atoms with Crippen molar-refractivity contribution in [2.45, 2.75) is 0 Å². The summed E-state index contributed by atoms with van der Waals surface area (Å²) in [6, 6.07) is 11.6. The van der Waals surface area contributed by atoms with Gasteiger partial charge in [-0.1, -0.05) is 33.2 Å². The molecule has 0 radical (unpaired) electrons. The molecule has 0 saturated heterocycles. The van der Waals surface area contributed by atoms with Crippen LogP contribution in [0.1, 0.15) is 20.7 Å². The van der Waals surface area contributed by atoms with E-state index >= 15 is 0 Å². The van der Waals surface area contributed by atoms with Crippen molar-refractivity contribution in [1.29, 1.82) is 0 Å². The van der Waals surface area contributed by atoms with Crippen molar-refractivity contribution in [2.24, 2.45) is 0 Å². The molecular formula is C17H10BrFN2O4. The Bertz CT molecular complexity index is 936. The van der Waals surface area contributed by atoms with Crippen LogP contribution in [0.25, 0.3) is 11.3 Å². The molecule has 0 aliphatic heterocycles. The first-order valence-corrected chi connectivity index (χ1v) is 7.81. The largest absolute Gasteiger partial charge is 0.477 e. The Balaban J connectivity index is 1.94. The third-order valence-electron chi connectivity index (χ3n) is 3.36. The molecule has 0 saturated carbocycles. The SMILES string of the molecule is O=C(Nc1onc(-c2ccc(Br)cc2)c1C(=O)O)c1ccc(F)cc1. The molecule has 0 aliphatic rings. The van der Waals surface area contributed by atoms with E-state index in [1.807, 2.05) is 0 Å². The number of aromatic nitrogens is 1. The van der Waals surface area contributed by atoms with Crippen LogP contribution in [-0.4, -0.2) is 22.1 Å². The number of nitrogens with zero attached hydrogens (tertiary/aromatic N) is 1. The van der Waals surface area contributed by atoms with Gasteiger partial charge < -0.3 is 9.63 Å². The van der Waals surface area contributed by atoms with Gasteiger partial charge in [-0.25, -0.2) is 9.18 Å². The molecule has 126 valence electrons. The van der Waals surface area contributed by atoms with Crippen LogP contribution >= 0.6 is 15.9 Å². The normalized spacial score (nSPS) is 10.5. The van der Waals surface area contributed by atoms with Crippen molar-refractivity contribution in [2.75, 3.05) is 5.32 Å². The highest BCUT2D eigenvalue weighted by molar-refractivity contribution is 9.10. The van der Waals surface area contributed by atoms with Crippen LogP contribution in [0.5, 0.6) is 0 Å². The van der Waals surface area contributed by atoms with Gasteiger partial charge in [-0.05, 0) is 36.4 Å². The Morgan fingerprint density at radius 1 is 1.08 bits per heavy atom. The smallest absolute Gasteiger partial charge is 0.343 e. The van der Waals surface area contributed by atoms with Crippen molar-refractivity contribution in [1.82, 2.24) is 5.16 Å². The summed E-state index contributed by atoms with van der Waals surface area (Å²) < 4.78 is 18.8. The molecule has 0 aliphatic carbocycles. The number of hydrogen-bond donors (Lipinski definition) is 2. The minimum atomic E-state index is -1.30. The maximum absolute atomic E-state index is 12.9. The van der Waals surface area contributed by atoms with Gasteiger partial charge in [0.05, 0.1) is 0 Å². The zero-order valence-electron chi connectivity index (χ0n) is 12.5. The van der Waals surface area contributed by atoms with E-state index in [9.17, 15) is 19.1 Å². The molecule has 8 heteroatoms. The molecule has 25 heavy (non-hydrogen) atoms. The zero-order chi connectivity index (χ0) is 18.0. The van der Waals surface area contributed by atoms with Crippen LogP contribution in [0.2, 0.25) is 0 Å². The van der Waals surface area contributed by atoms with Gasteiger partial charge >= 0.3 is 5.97 Å². The molecule has 1 aromatic heterocycles. The first kappa shape index (κ1) is 16.8. The molecule has 0 fully saturated rings. The van der Waals surface area contributed by atoms with E-state index in [0.717, 1.165) is 16.6 Å². The van der Waals surface area contributed by atoms with E-state index in [0.29, 0.717) is 5.56 Å². The van der Waals surface area contributed by atoms with Crippen molar-refractivity contribution in [3.8, 4) is 11.3 Å². The van der Waals surface area contributed by atoms with Crippen LogP contribution in [0.4, 0.5) is 10.3 Å². The predicted molar refractivity (Wildman–Crippen MR) is 91.0 cm³/mol. The van der Waals surface area contributed by atoms with Gasteiger partial charge in [-0.3, -0.25) is 10.1 Å². The van der Waals surface area contributed by atoms with Crippen LogP contribution < -0.4 is 5.32 Å². The number of benzene rings is 2. The number of halogens is 2. The molecule has 0 spiro atoms. The van der Waals surface area contributed by atoms with Gasteiger partial charge in [0, 0.05) is 15.6 Å². The number of hydrogen-bond acceptors (Lipinski definition) is 4. The number of nitrogens with one attached hydrogen (secondary N) is 1. The maximum atomic E-state index is 12.9. The van der Waals surface area contributed by atoms with E-state index < -0.39 is 17.7 Å².